The molecule has 3 aromatic rings. The molecule has 0 atom stereocenters. The van der Waals surface area contributed by atoms with Crippen molar-refractivity contribution < 1.29 is 35.8 Å². The third-order valence-corrected chi connectivity index (χ3v) is 4.81. The molecule has 3 rings (SSSR count). The molecule has 25 heteroatoms. The van der Waals surface area contributed by atoms with Crippen molar-refractivity contribution in [1.82, 2.24) is 4.98 Å². The molecule has 0 saturated heterocycles. The number of nitrogens with one attached hydrogen (secondary N) is 2. The lowest BCUT2D eigenvalue weighted by Crippen LogP contribution is -1.97. The maximum absolute atomic E-state index is 11.5. The van der Waals surface area contributed by atoms with Crippen LogP contribution in [0.1, 0.15) is 0 Å². The fraction of sp³-hybridized carbons (Fsp3) is 0. The summed E-state index contributed by atoms with van der Waals surface area (Å²) < 4.78 is 64.9. The Kier molecular flexibility index (Phi) is 9.55. The van der Waals surface area contributed by atoms with E-state index in [0.717, 1.165) is 0 Å². The van der Waals surface area contributed by atoms with Crippen LogP contribution in [0.4, 0.5) is 45.8 Å². The van der Waals surface area contributed by atoms with Gasteiger partial charge in [0.25, 0.3) is 11.6 Å². The highest BCUT2D eigenvalue weighted by Gasteiger charge is 2.27. The van der Waals surface area contributed by atoms with Gasteiger partial charge >= 0.3 is 32.0 Å². The molecule has 218 valence electrons. The summed E-state index contributed by atoms with van der Waals surface area (Å²) in [6.07, 6.45) is 0. The van der Waals surface area contributed by atoms with Crippen LogP contribution in [0.2, 0.25) is 0 Å². The van der Waals surface area contributed by atoms with Crippen molar-refractivity contribution in [3.05, 3.63) is 74.8 Å². The SMILES string of the molecule is O=[N+]([O-])c1cc([N+](=O)[O-])c(/N=N/Nc2ccc(N=NS(=O)(=O)O)cc2)nc1N=NNc1ccc(N=NS(=O)(=O)O)cc1. The van der Waals surface area contributed by atoms with Gasteiger partial charge in [-0.2, -0.15) is 21.8 Å². The number of nitro groups is 2. The van der Waals surface area contributed by atoms with Crippen molar-refractivity contribution in [1.29, 1.82) is 0 Å². The van der Waals surface area contributed by atoms with Crippen molar-refractivity contribution in [2.45, 2.75) is 0 Å². The standard InChI is InChI=1S/C17H13N13O10S2/c31-29(32)14-9-15(30(33)34)17(24-26-20-11-3-7-13(8-4-11)22-28-42(38,39)40)18-16(14)23-25-19-10-1-5-12(6-2-10)21-27-41(35,36)37/h1-9H,(H,35,36,37)(H,38,39,40)(H2,18,19,20,23,24). The third kappa shape index (κ3) is 9.75. The Morgan fingerprint density at radius 2 is 1.00 bits per heavy atom. The topological polar surface area (TPSA) is 331 Å². The van der Waals surface area contributed by atoms with Crippen LogP contribution < -0.4 is 10.9 Å². The zero-order valence-electron chi connectivity index (χ0n) is 20.1. The van der Waals surface area contributed by atoms with Crippen molar-refractivity contribution in [2.24, 2.45) is 39.9 Å². The van der Waals surface area contributed by atoms with E-state index in [4.69, 9.17) is 9.11 Å². The first-order chi connectivity index (χ1) is 19.7. The Hall–Kier alpha value is -5.79. The van der Waals surface area contributed by atoms with Crippen LogP contribution in [0, 0.1) is 20.2 Å². The number of rotatable bonds is 12. The first-order valence-corrected chi connectivity index (χ1v) is 13.2. The minimum Gasteiger partial charge on any atom is -0.267 e. The maximum Gasteiger partial charge on any atom is 0.396 e. The lowest BCUT2D eigenvalue weighted by Gasteiger charge is -2.02. The number of anilines is 2. The Morgan fingerprint density at radius 1 is 0.643 bits per heavy atom. The first-order valence-electron chi connectivity index (χ1n) is 10.4. The number of nitrogens with zero attached hydrogens (tertiary/aromatic N) is 11. The lowest BCUT2D eigenvalue weighted by molar-refractivity contribution is -0.393. The highest BCUT2D eigenvalue weighted by molar-refractivity contribution is 7.84. The van der Waals surface area contributed by atoms with E-state index < -0.39 is 53.5 Å². The van der Waals surface area contributed by atoms with Gasteiger partial charge in [0.05, 0.1) is 32.6 Å². The smallest absolute Gasteiger partial charge is 0.267 e. The fourth-order valence-corrected chi connectivity index (χ4v) is 2.95. The van der Waals surface area contributed by atoms with Gasteiger partial charge in [-0.15, -0.1) is 20.5 Å². The molecule has 0 radical (unpaired) electrons. The average molecular weight is 624 g/mol. The van der Waals surface area contributed by atoms with E-state index >= 15 is 0 Å². The third-order valence-electron chi connectivity index (χ3n) is 4.24. The molecule has 0 saturated carbocycles. The molecular weight excluding hydrogens is 610 g/mol. The van der Waals surface area contributed by atoms with Crippen molar-refractivity contribution in [3.63, 3.8) is 0 Å². The zero-order valence-corrected chi connectivity index (χ0v) is 21.7. The van der Waals surface area contributed by atoms with Gasteiger partial charge in [-0.25, -0.2) is 0 Å². The maximum atomic E-state index is 11.5. The zero-order chi connectivity index (χ0) is 30.9. The van der Waals surface area contributed by atoms with Crippen LogP contribution in [0.5, 0.6) is 0 Å². The highest BCUT2D eigenvalue weighted by Crippen LogP contribution is 2.36. The van der Waals surface area contributed by atoms with Crippen molar-refractivity contribution in [3.8, 4) is 0 Å². The van der Waals surface area contributed by atoms with Gasteiger partial charge in [0, 0.05) is 0 Å². The first kappa shape index (κ1) is 30.7. The average Bonchev–Trinajstić information content (AvgIpc) is 2.91. The molecule has 1 aromatic heterocycles. The predicted molar refractivity (Wildman–Crippen MR) is 139 cm³/mol. The van der Waals surface area contributed by atoms with Crippen LogP contribution in [0.15, 0.2) is 94.5 Å². The summed E-state index contributed by atoms with van der Waals surface area (Å²) in [4.78, 5) is 24.6. The molecule has 1 heterocycles. The van der Waals surface area contributed by atoms with Crippen LogP contribution in [-0.2, 0) is 20.6 Å². The van der Waals surface area contributed by atoms with E-state index in [0.29, 0.717) is 6.07 Å². The Labute approximate surface area is 232 Å². The van der Waals surface area contributed by atoms with Gasteiger partial charge in [0.15, 0.2) is 0 Å². The summed E-state index contributed by atoms with van der Waals surface area (Å²) in [5.41, 5.74) is 3.60. The van der Waals surface area contributed by atoms with Gasteiger partial charge in [-0.3, -0.25) is 40.2 Å². The van der Waals surface area contributed by atoms with Crippen molar-refractivity contribution in [2.75, 3.05) is 10.9 Å². The molecule has 23 nitrogen and oxygen atoms in total. The van der Waals surface area contributed by atoms with Gasteiger partial charge in [-0.1, -0.05) is 10.4 Å². The minimum atomic E-state index is -4.67. The Morgan fingerprint density at radius 3 is 1.31 bits per heavy atom. The summed E-state index contributed by atoms with van der Waals surface area (Å²) in [5, 5.41) is 43.7. The summed E-state index contributed by atoms with van der Waals surface area (Å²) in [5.74, 6) is -1.36. The quantitative estimate of drug-likeness (QED) is 0.0903. The summed E-state index contributed by atoms with van der Waals surface area (Å²) in [6, 6.07) is 11.0. The molecule has 0 fully saturated rings. The van der Waals surface area contributed by atoms with Gasteiger partial charge in [-0.05, 0) is 57.6 Å². The Balaban J connectivity index is 1.80. The van der Waals surface area contributed by atoms with Crippen LogP contribution in [0.3, 0.4) is 0 Å². The lowest BCUT2D eigenvalue weighted by atomic mass is 10.3. The molecule has 0 amide bonds. The molecule has 4 N–H and O–H groups in total. The van der Waals surface area contributed by atoms with E-state index in [1.165, 1.54) is 48.5 Å². The number of benzene rings is 2. The summed E-state index contributed by atoms with van der Waals surface area (Å²) >= 11 is 0. The molecule has 0 aliphatic heterocycles. The largest absolute Gasteiger partial charge is 0.396 e. The summed E-state index contributed by atoms with van der Waals surface area (Å²) in [6.45, 7) is 0. The van der Waals surface area contributed by atoms with Gasteiger partial charge < -0.3 is 0 Å². The second-order valence-corrected chi connectivity index (χ2v) is 9.28. The van der Waals surface area contributed by atoms with E-state index in [2.05, 4.69) is 55.8 Å². The van der Waals surface area contributed by atoms with Gasteiger partial charge in [0.2, 0.25) is 0 Å². The number of aromatic nitrogens is 1. The normalized spacial score (nSPS) is 12.4. The van der Waals surface area contributed by atoms with Crippen LogP contribution in [-0.4, -0.2) is 40.8 Å². The molecule has 2 aromatic carbocycles. The molecule has 0 aliphatic carbocycles. The molecule has 0 aliphatic rings. The van der Waals surface area contributed by atoms with E-state index in [9.17, 15) is 37.1 Å². The number of hydrogen-bond donors (Lipinski definition) is 4. The Bertz CT molecular complexity index is 1700. The molecule has 42 heavy (non-hydrogen) atoms. The predicted octanol–water partition coefficient (Wildman–Crippen LogP) is 4.89. The van der Waals surface area contributed by atoms with E-state index in [1.807, 2.05) is 0 Å². The number of pyridine rings is 1. The molecular formula is C17H13N13O10S2. The van der Waals surface area contributed by atoms with Crippen molar-refractivity contribution >= 4 is 66.4 Å². The van der Waals surface area contributed by atoms with E-state index in [-0.39, 0.29) is 22.7 Å². The molecule has 0 unspecified atom stereocenters. The van der Waals surface area contributed by atoms with Crippen LogP contribution >= 0.6 is 0 Å². The van der Waals surface area contributed by atoms with E-state index in [1.54, 1.807) is 0 Å². The van der Waals surface area contributed by atoms with Gasteiger partial charge in [0.1, 0.15) is 6.07 Å². The molecule has 0 bridgehead atoms. The second-order valence-electron chi connectivity index (χ2n) is 7.16. The monoisotopic (exact) mass is 623 g/mol. The summed E-state index contributed by atoms with van der Waals surface area (Å²) in [7, 11) is -9.34. The fourth-order valence-electron chi connectivity index (χ4n) is 2.55. The minimum absolute atomic E-state index is 0.0463. The number of hydrogen-bond acceptors (Lipinski definition) is 15. The van der Waals surface area contributed by atoms with Crippen LogP contribution in [0.25, 0.3) is 0 Å². The second kappa shape index (κ2) is 13.0. The highest BCUT2D eigenvalue weighted by atomic mass is 32.2. The molecule has 0 spiro atoms.